The van der Waals surface area contributed by atoms with Crippen molar-refractivity contribution in [3.63, 3.8) is 0 Å². The van der Waals surface area contributed by atoms with Crippen molar-refractivity contribution in [2.24, 2.45) is 0 Å². The number of halogens is 1. The average Bonchev–Trinajstić information content (AvgIpc) is 2.26. The molecular formula is C14H18FN. The summed E-state index contributed by atoms with van der Waals surface area (Å²) in [4.78, 5) is 0. The summed E-state index contributed by atoms with van der Waals surface area (Å²) in [5, 5.41) is 3.29. The number of rotatable bonds is 5. The highest BCUT2D eigenvalue weighted by atomic mass is 19.1. The fourth-order valence-corrected chi connectivity index (χ4v) is 1.62. The van der Waals surface area contributed by atoms with Crippen molar-refractivity contribution in [1.29, 1.82) is 0 Å². The molecule has 0 radical (unpaired) electrons. The molecule has 1 unspecified atom stereocenters. The molecule has 0 spiro atoms. The Hall–Kier alpha value is -1.33. The van der Waals surface area contributed by atoms with Crippen molar-refractivity contribution in [2.75, 3.05) is 0 Å². The Balaban J connectivity index is 2.57. The summed E-state index contributed by atoms with van der Waals surface area (Å²) in [6.07, 6.45) is 7.44. The molecule has 0 aliphatic heterocycles. The van der Waals surface area contributed by atoms with Gasteiger partial charge in [0, 0.05) is 6.54 Å². The fourth-order valence-electron chi connectivity index (χ4n) is 1.62. The van der Waals surface area contributed by atoms with E-state index in [9.17, 15) is 4.39 Å². The molecule has 0 heterocycles. The van der Waals surface area contributed by atoms with Gasteiger partial charge in [-0.1, -0.05) is 25.3 Å². The van der Waals surface area contributed by atoms with E-state index in [1.807, 2.05) is 6.92 Å². The normalized spacial score (nSPS) is 12.1. The van der Waals surface area contributed by atoms with E-state index in [0.29, 0.717) is 6.54 Å². The van der Waals surface area contributed by atoms with Crippen molar-refractivity contribution in [1.82, 2.24) is 5.32 Å². The Kier molecular flexibility index (Phi) is 5.01. The molecule has 1 aromatic rings. The lowest BCUT2D eigenvalue weighted by Gasteiger charge is -2.13. The molecule has 0 saturated heterocycles. The topological polar surface area (TPSA) is 12.0 Å². The Morgan fingerprint density at radius 2 is 2.25 bits per heavy atom. The van der Waals surface area contributed by atoms with E-state index in [0.717, 1.165) is 24.0 Å². The van der Waals surface area contributed by atoms with Crippen LogP contribution in [-0.2, 0) is 6.54 Å². The maximum Gasteiger partial charge on any atom is 0.123 e. The lowest BCUT2D eigenvalue weighted by Crippen LogP contribution is -2.27. The second-order valence-electron chi connectivity index (χ2n) is 3.96. The lowest BCUT2D eigenvalue weighted by molar-refractivity contribution is 0.560. The van der Waals surface area contributed by atoms with E-state index in [4.69, 9.17) is 6.42 Å². The third-order valence-electron chi connectivity index (χ3n) is 2.62. The first-order valence-corrected chi connectivity index (χ1v) is 5.62. The van der Waals surface area contributed by atoms with Crippen LogP contribution in [0.25, 0.3) is 0 Å². The summed E-state index contributed by atoms with van der Waals surface area (Å²) in [7, 11) is 0. The molecule has 1 rings (SSSR count). The number of terminal acetylenes is 1. The average molecular weight is 219 g/mol. The minimum Gasteiger partial charge on any atom is -0.300 e. The molecule has 0 aromatic heterocycles. The van der Waals surface area contributed by atoms with Gasteiger partial charge in [-0.3, -0.25) is 5.32 Å². The summed E-state index contributed by atoms with van der Waals surface area (Å²) in [5.41, 5.74) is 2.05. The maximum absolute atomic E-state index is 12.9. The summed E-state index contributed by atoms with van der Waals surface area (Å²) < 4.78 is 12.9. The number of hydrogen-bond acceptors (Lipinski definition) is 1. The van der Waals surface area contributed by atoms with Crippen molar-refractivity contribution in [2.45, 2.75) is 39.3 Å². The molecule has 0 aliphatic rings. The van der Waals surface area contributed by atoms with Gasteiger partial charge in [0.2, 0.25) is 0 Å². The first kappa shape index (κ1) is 12.7. The van der Waals surface area contributed by atoms with E-state index >= 15 is 0 Å². The monoisotopic (exact) mass is 219 g/mol. The van der Waals surface area contributed by atoms with Crippen LogP contribution in [0.5, 0.6) is 0 Å². The molecule has 1 aromatic carbocycles. The van der Waals surface area contributed by atoms with Crippen molar-refractivity contribution in [3.05, 3.63) is 35.1 Å². The van der Waals surface area contributed by atoms with Gasteiger partial charge in [0.1, 0.15) is 5.82 Å². The molecule has 86 valence electrons. The number of aryl methyl sites for hydroxylation is 1. The van der Waals surface area contributed by atoms with Gasteiger partial charge >= 0.3 is 0 Å². The second-order valence-corrected chi connectivity index (χ2v) is 3.96. The van der Waals surface area contributed by atoms with E-state index in [1.54, 1.807) is 12.1 Å². The zero-order chi connectivity index (χ0) is 12.0. The van der Waals surface area contributed by atoms with Crippen molar-refractivity contribution < 1.29 is 4.39 Å². The van der Waals surface area contributed by atoms with Crippen LogP contribution in [0, 0.1) is 25.1 Å². The van der Waals surface area contributed by atoms with Crippen LogP contribution >= 0.6 is 0 Å². The predicted molar refractivity (Wildman–Crippen MR) is 65.5 cm³/mol. The summed E-state index contributed by atoms with van der Waals surface area (Å²) in [5.74, 6) is 2.53. The van der Waals surface area contributed by atoms with Gasteiger partial charge in [-0.15, -0.1) is 6.42 Å². The SMILES string of the molecule is C#CC(CCC)NCc1ccc(F)cc1C. The molecule has 16 heavy (non-hydrogen) atoms. The van der Waals surface area contributed by atoms with Gasteiger partial charge in [0.25, 0.3) is 0 Å². The Morgan fingerprint density at radius 1 is 1.50 bits per heavy atom. The maximum atomic E-state index is 12.9. The summed E-state index contributed by atoms with van der Waals surface area (Å²) >= 11 is 0. The molecule has 0 bridgehead atoms. The summed E-state index contributed by atoms with van der Waals surface area (Å²) in [6.45, 7) is 4.71. The molecule has 0 amide bonds. The van der Waals surface area contributed by atoms with Gasteiger partial charge in [-0.25, -0.2) is 4.39 Å². The minimum absolute atomic E-state index is 0.106. The zero-order valence-electron chi connectivity index (χ0n) is 9.89. The summed E-state index contributed by atoms with van der Waals surface area (Å²) in [6, 6.07) is 4.93. The zero-order valence-corrected chi connectivity index (χ0v) is 9.89. The number of nitrogens with one attached hydrogen (secondary N) is 1. The van der Waals surface area contributed by atoms with Gasteiger partial charge in [-0.05, 0) is 36.6 Å². The van der Waals surface area contributed by atoms with Crippen LogP contribution in [0.4, 0.5) is 4.39 Å². The van der Waals surface area contributed by atoms with Crippen LogP contribution in [0.15, 0.2) is 18.2 Å². The molecule has 1 nitrogen and oxygen atoms in total. The van der Waals surface area contributed by atoms with Gasteiger partial charge in [0.05, 0.1) is 6.04 Å². The highest BCUT2D eigenvalue weighted by Crippen LogP contribution is 2.10. The highest BCUT2D eigenvalue weighted by Gasteiger charge is 2.04. The van der Waals surface area contributed by atoms with Crippen LogP contribution in [0.1, 0.15) is 30.9 Å². The Labute approximate surface area is 97.1 Å². The van der Waals surface area contributed by atoms with E-state index in [-0.39, 0.29) is 11.9 Å². The third kappa shape index (κ3) is 3.67. The number of benzene rings is 1. The fraction of sp³-hybridized carbons (Fsp3) is 0.429. The quantitative estimate of drug-likeness (QED) is 0.751. The van der Waals surface area contributed by atoms with Crippen molar-refractivity contribution >= 4 is 0 Å². The highest BCUT2D eigenvalue weighted by molar-refractivity contribution is 5.26. The largest absolute Gasteiger partial charge is 0.300 e. The lowest BCUT2D eigenvalue weighted by atomic mass is 10.1. The Morgan fingerprint density at radius 3 is 2.81 bits per heavy atom. The van der Waals surface area contributed by atoms with Gasteiger partial charge in [-0.2, -0.15) is 0 Å². The molecule has 0 fully saturated rings. The molecule has 2 heteroatoms. The second kappa shape index (κ2) is 6.30. The first-order chi connectivity index (χ1) is 7.67. The van der Waals surface area contributed by atoms with E-state index in [1.165, 1.54) is 6.07 Å². The van der Waals surface area contributed by atoms with E-state index < -0.39 is 0 Å². The van der Waals surface area contributed by atoms with Crippen molar-refractivity contribution in [3.8, 4) is 12.3 Å². The third-order valence-corrected chi connectivity index (χ3v) is 2.62. The molecular weight excluding hydrogens is 201 g/mol. The van der Waals surface area contributed by atoms with Crippen LogP contribution in [0.2, 0.25) is 0 Å². The Bertz CT molecular complexity index is 379. The first-order valence-electron chi connectivity index (χ1n) is 5.62. The number of hydrogen-bond donors (Lipinski definition) is 1. The molecule has 1 atom stereocenters. The van der Waals surface area contributed by atoms with Crippen LogP contribution < -0.4 is 5.32 Å². The molecule has 0 aliphatic carbocycles. The predicted octanol–water partition coefficient (Wildman–Crippen LogP) is 3.03. The minimum atomic E-state index is -0.191. The van der Waals surface area contributed by atoms with E-state index in [2.05, 4.69) is 18.2 Å². The van der Waals surface area contributed by atoms with Gasteiger partial charge in [0.15, 0.2) is 0 Å². The molecule has 0 saturated carbocycles. The van der Waals surface area contributed by atoms with Gasteiger partial charge < -0.3 is 0 Å². The van der Waals surface area contributed by atoms with Crippen LogP contribution in [0.3, 0.4) is 0 Å². The van der Waals surface area contributed by atoms with Crippen LogP contribution in [-0.4, -0.2) is 6.04 Å². The standard InChI is InChI=1S/C14H18FN/c1-4-6-14(5-2)16-10-12-7-8-13(15)9-11(12)3/h2,7-9,14,16H,4,6,10H2,1,3H3. The smallest absolute Gasteiger partial charge is 0.123 e. The molecule has 1 N–H and O–H groups in total.